The second-order valence-electron chi connectivity index (χ2n) is 5.89. The molecule has 2 aromatic rings. The maximum absolute atomic E-state index is 12.1. The van der Waals surface area contributed by atoms with Gasteiger partial charge in [-0.05, 0) is 24.0 Å². The number of fused-ring (bicyclic) bond motifs is 1. The van der Waals surface area contributed by atoms with Crippen LogP contribution in [-0.2, 0) is 0 Å². The Hall–Kier alpha value is -1.70. The summed E-state index contributed by atoms with van der Waals surface area (Å²) in [7, 11) is 0. The largest absolute Gasteiger partial charge is 0.294 e. The number of carbonyl (C=O) groups excluding carboxylic acids is 1. The summed E-state index contributed by atoms with van der Waals surface area (Å²) in [6, 6.07) is 9.66. The second kappa shape index (κ2) is 4.89. The molecule has 0 saturated heterocycles. The summed E-state index contributed by atoms with van der Waals surface area (Å²) in [5, 5.41) is 1.07. The van der Waals surface area contributed by atoms with Gasteiger partial charge in [0.05, 0.1) is 5.52 Å². The number of pyridine rings is 1. The molecule has 0 aliphatic carbocycles. The zero-order valence-corrected chi connectivity index (χ0v) is 11.2. The number of benzene rings is 1. The van der Waals surface area contributed by atoms with Crippen molar-refractivity contribution < 1.29 is 4.79 Å². The first-order chi connectivity index (χ1) is 8.46. The van der Waals surface area contributed by atoms with E-state index in [4.69, 9.17) is 0 Å². The van der Waals surface area contributed by atoms with Crippen LogP contribution in [-0.4, -0.2) is 10.8 Å². The number of Topliss-reactive ketones (excluding diaryl/α,β-unsaturated/α-hetero) is 1. The fraction of sp³-hybridized carbons (Fsp3) is 0.375. The number of carbonyl (C=O) groups is 1. The molecule has 2 heteroatoms. The monoisotopic (exact) mass is 241 g/mol. The van der Waals surface area contributed by atoms with Gasteiger partial charge in [-0.1, -0.05) is 39.0 Å². The van der Waals surface area contributed by atoms with E-state index in [1.807, 2.05) is 30.3 Å². The van der Waals surface area contributed by atoms with Gasteiger partial charge in [0.2, 0.25) is 0 Å². The van der Waals surface area contributed by atoms with E-state index in [0.29, 0.717) is 6.42 Å². The lowest BCUT2D eigenvalue weighted by molar-refractivity contribution is 0.0966. The van der Waals surface area contributed by atoms with Crippen molar-refractivity contribution in [2.75, 3.05) is 0 Å². The Morgan fingerprint density at radius 1 is 1.22 bits per heavy atom. The lowest BCUT2D eigenvalue weighted by Crippen LogP contribution is -2.09. The van der Waals surface area contributed by atoms with Crippen LogP contribution in [0.3, 0.4) is 0 Å². The summed E-state index contributed by atoms with van der Waals surface area (Å²) in [5.41, 5.74) is 1.86. The van der Waals surface area contributed by atoms with Gasteiger partial charge in [0, 0.05) is 23.6 Å². The van der Waals surface area contributed by atoms with Crippen LogP contribution in [0, 0.1) is 5.41 Å². The number of aromatic nitrogens is 1. The van der Waals surface area contributed by atoms with E-state index in [0.717, 1.165) is 22.9 Å². The Balaban J connectivity index is 2.18. The zero-order chi connectivity index (χ0) is 13.2. The highest BCUT2D eigenvalue weighted by Gasteiger charge is 2.14. The lowest BCUT2D eigenvalue weighted by atomic mass is 9.88. The van der Waals surface area contributed by atoms with E-state index in [1.54, 1.807) is 6.20 Å². The molecular formula is C16H19NO. The fourth-order valence-corrected chi connectivity index (χ4v) is 1.87. The van der Waals surface area contributed by atoms with E-state index in [-0.39, 0.29) is 11.2 Å². The van der Waals surface area contributed by atoms with Gasteiger partial charge >= 0.3 is 0 Å². The zero-order valence-electron chi connectivity index (χ0n) is 11.2. The topological polar surface area (TPSA) is 30.0 Å². The van der Waals surface area contributed by atoms with E-state index < -0.39 is 0 Å². The maximum atomic E-state index is 12.1. The van der Waals surface area contributed by atoms with Gasteiger partial charge in [-0.2, -0.15) is 0 Å². The first kappa shape index (κ1) is 12.7. The molecule has 1 aromatic carbocycles. The molecule has 0 atom stereocenters. The minimum Gasteiger partial charge on any atom is -0.294 e. The van der Waals surface area contributed by atoms with Crippen molar-refractivity contribution in [3.8, 4) is 0 Å². The highest BCUT2D eigenvalue weighted by molar-refractivity contribution is 5.99. The molecule has 2 nitrogen and oxygen atoms in total. The van der Waals surface area contributed by atoms with Crippen LogP contribution in [0.15, 0.2) is 36.5 Å². The number of hydrogen-bond donors (Lipinski definition) is 0. The van der Waals surface area contributed by atoms with Crippen LogP contribution < -0.4 is 0 Å². The molecule has 1 heterocycles. The second-order valence-corrected chi connectivity index (χ2v) is 5.89. The van der Waals surface area contributed by atoms with E-state index in [2.05, 4.69) is 25.8 Å². The average molecular weight is 241 g/mol. The predicted octanol–water partition coefficient (Wildman–Crippen LogP) is 4.24. The highest BCUT2D eigenvalue weighted by atomic mass is 16.1. The standard InChI is InChI=1S/C16H19NO/c1-16(2,3)9-8-15(18)13-7-6-12-5-4-10-17-14(12)11-13/h4-7,10-11H,8-9H2,1-3H3. The molecule has 0 fully saturated rings. The van der Waals surface area contributed by atoms with Crippen molar-refractivity contribution in [3.63, 3.8) is 0 Å². The quantitative estimate of drug-likeness (QED) is 0.752. The van der Waals surface area contributed by atoms with Crippen LogP contribution in [0.4, 0.5) is 0 Å². The number of rotatable bonds is 3. The third-order valence-electron chi connectivity index (χ3n) is 3.03. The van der Waals surface area contributed by atoms with Crippen molar-refractivity contribution >= 4 is 16.7 Å². The van der Waals surface area contributed by atoms with Crippen LogP contribution in [0.25, 0.3) is 10.9 Å². The molecule has 0 unspecified atom stereocenters. The minimum absolute atomic E-state index is 0.199. The van der Waals surface area contributed by atoms with E-state index >= 15 is 0 Å². The minimum atomic E-state index is 0.199. The first-order valence-corrected chi connectivity index (χ1v) is 6.34. The third kappa shape index (κ3) is 3.16. The summed E-state index contributed by atoms with van der Waals surface area (Å²) in [6.07, 6.45) is 3.26. The molecule has 0 amide bonds. The Kier molecular flexibility index (Phi) is 3.46. The third-order valence-corrected chi connectivity index (χ3v) is 3.03. The Morgan fingerprint density at radius 2 is 2.00 bits per heavy atom. The van der Waals surface area contributed by atoms with Crippen molar-refractivity contribution in [3.05, 3.63) is 42.1 Å². The summed E-state index contributed by atoms with van der Waals surface area (Å²) >= 11 is 0. The van der Waals surface area contributed by atoms with Crippen LogP contribution in [0.2, 0.25) is 0 Å². The van der Waals surface area contributed by atoms with Gasteiger partial charge in [0.1, 0.15) is 0 Å². The summed E-state index contributed by atoms with van der Waals surface area (Å²) < 4.78 is 0. The van der Waals surface area contributed by atoms with Crippen LogP contribution >= 0.6 is 0 Å². The summed E-state index contributed by atoms with van der Waals surface area (Å²) in [6.45, 7) is 6.46. The van der Waals surface area contributed by atoms with Gasteiger partial charge < -0.3 is 0 Å². The van der Waals surface area contributed by atoms with Crippen LogP contribution in [0.1, 0.15) is 44.0 Å². The molecule has 0 saturated carbocycles. The number of nitrogens with zero attached hydrogens (tertiary/aromatic N) is 1. The fourth-order valence-electron chi connectivity index (χ4n) is 1.87. The SMILES string of the molecule is CC(C)(C)CCC(=O)c1ccc2cccnc2c1. The van der Waals surface area contributed by atoms with Gasteiger partial charge in [0.25, 0.3) is 0 Å². The smallest absolute Gasteiger partial charge is 0.162 e. The Morgan fingerprint density at radius 3 is 2.72 bits per heavy atom. The Bertz CT molecular complexity index is 567. The predicted molar refractivity (Wildman–Crippen MR) is 74.8 cm³/mol. The molecule has 2 rings (SSSR count). The Labute approximate surface area is 108 Å². The molecule has 1 aromatic heterocycles. The van der Waals surface area contributed by atoms with Gasteiger partial charge in [-0.3, -0.25) is 9.78 Å². The highest BCUT2D eigenvalue weighted by Crippen LogP contribution is 2.22. The molecule has 94 valence electrons. The van der Waals surface area contributed by atoms with Crippen molar-refractivity contribution in [1.29, 1.82) is 0 Å². The van der Waals surface area contributed by atoms with Crippen molar-refractivity contribution in [2.24, 2.45) is 5.41 Å². The first-order valence-electron chi connectivity index (χ1n) is 6.34. The number of ketones is 1. The maximum Gasteiger partial charge on any atom is 0.162 e. The van der Waals surface area contributed by atoms with Gasteiger partial charge in [-0.25, -0.2) is 0 Å². The number of hydrogen-bond acceptors (Lipinski definition) is 2. The molecule has 0 aliphatic heterocycles. The van der Waals surface area contributed by atoms with Crippen molar-refractivity contribution in [2.45, 2.75) is 33.6 Å². The van der Waals surface area contributed by atoms with Gasteiger partial charge in [0.15, 0.2) is 5.78 Å². The molecule has 0 aliphatic rings. The summed E-state index contributed by atoms with van der Waals surface area (Å²) in [4.78, 5) is 16.4. The molecule has 18 heavy (non-hydrogen) atoms. The molecule has 0 radical (unpaired) electrons. The molecule has 0 spiro atoms. The average Bonchev–Trinajstić information content (AvgIpc) is 2.34. The van der Waals surface area contributed by atoms with E-state index in [1.165, 1.54) is 0 Å². The van der Waals surface area contributed by atoms with Gasteiger partial charge in [-0.15, -0.1) is 0 Å². The lowest BCUT2D eigenvalue weighted by Gasteiger charge is -2.17. The molecule has 0 N–H and O–H groups in total. The van der Waals surface area contributed by atoms with Crippen LogP contribution in [0.5, 0.6) is 0 Å². The normalized spacial score (nSPS) is 11.7. The molecule has 0 bridgehead atoms. The molecular weight excluding hydrogens is 222 g/mol. The van der Waals surface area contributed by atoms with E-state index in [9.17, 15) is 4.79 Å². The van der Waals surface area contributed by atoms with Crippen molar-refractivity contribution in [1.82, 2.24) is 4.98 Å². The summed E-state index contributed by atoms with van der Waals surface area (Å²) in [5.74, 6) is 0.206.